The van der Waals surface area contributed by atoms with Crippen LogP contribution in [-0.4, -0.2) is 105 Å². The monoisotopic (exact) mass is 427 g/mol. The summed E-state index contributed by atoms with van der Waals surface area (Å²) in [4.78, 5) is 15.3. The number of hydrogen-bond donors (Lipinski definition) is 5. The maximum Gasteiger partial charge on any atom is 1.00 e. The summed E-state index contributed by atoms with van der Waals surface area (Å²) in [6.07, 6.45) is -12.4. The Morgan fingerprint density at radius 3 is 2.45 bits per heavy atom. The van der Waals surface area contributed by atoms with Gasteiger partial charge in [-0.1, -0.05) is 6.08 Å². The van der Waals surface area contributed by atoms with Crippen LogP contribution in [0.15, 0.2) is 17.6 Å². The van der Waals surface area contributed by atoms with Crippen molar-refractivity contribution in [3.63, 3.8) is 0 Å². The number of ether oxygens (including phenoxy) is 4. The van der Waals surface area contributed by atoms with Gasteiger partial charge >= 0.3 is 29.6 Å². The van der Waals surface area contributed by atoms with Gasteiger partial charge < -0.3 is 54.4 Å². The van der Waals surface area contributed by atoms with E-state index >= 15 is 0 Å². The summed E-state index contributed by atoms with van der Waals surface area (Å²) in [5.41, 5.74) is 0. The molecule has 10 atom stereocenters. The molecule has 3 heterocycles. The number of aliphatic carboxylic acids is 1. The molecule has 0 aromatic heterocycles. The van der Waals surface area contributed by atoms with Crippen molar-refractivity contribution in [1.82, 2.24) is 0 Å². The predicted molar refractivity (Wildman–Crippen MR) is 85.4 cm³/mol. The second kappa shape index (κ2) is 10.1. The number of rotatable bonds is 6. The maximum atomic E-state index is 11.1. The first-order valence-corrected chi connectivity index (χ1v) is 8.63. The molecule has 0 amide bonds. The summed E-state index contributed by atoms with van der Waals surface area (Å²) in [6.45, 7) is 2.98. The van der Waals surface area contributed by atoms with Gasteiger partial charge in [0.15, 0.2) is 12.2 Å². The number of aliphatic imine (C=N–C) groups is 1. The first-order chi connectivity index (χ1) is 13.3. The topological polar surface area (TPSA) is 191 Å². The first-order valence-electron chi connectivity index (χ1n) is 8.63. The molecule has 2 saturated heterocycles. The average molecular weight is 427 g/mol. The summed E-state index contributed by atoms with van der Waals surface area (Å²) < 4.78 is 21.5. The van der Waals surface area contributed by atoms with Gasteiger partial charge in [-0.25, -0.2) is 4.99 Å². The van der Waals surface area contributed by atoms with Gasteiger partial charge in [-0.2, -0.15) is 0 Å². The smallest absolute Gasteiger partial charge is 0.547 e. The van der Waals surface area contributed by atoms with Crippen LogP contribution in [0.3, 0.4) is 0 Å². The Bertz CT molecular complexity index is 634. The summed E-state index contributed by atoms with van der Waals surface area (Å²) >= 11 is 0. The molecule has 3 rings (SSSR count). The van der Waals surface area contributed by atoms with Crippen molar-refractivity contribution in [2.45, 2.75) is 67.8 Å². The number of aliphatic hydroxyl groups excluding tert-OH is 5. The van der Waals surface area contributed by atoms with Crippen LogP contribution in [0.2, 0.25) is 0 Å². The number of carboxylic acid groups (broad SMARTS) is 1. The Morgan fingerprint density at radius 2 is 1.86 bits per heavy atom. The molecule has 0 aliphatic carbocycles. The van der Waals surface area contributed by atoms with Gasteiger partial charge in [-0.15, -0.1) is 6.58 Å². The van der Waals surface area contributed by atoms with Gasteiger partial charge in [-0.05, 0) is 0 Å². The third-order valence-corrected chi connectivity index (χ3v) is 4.78. The molecule has 3 aliphatic heterocycles. The molecule has 0 aromatic rings. The van der Waals surface area contributed by atoms with Crippen LogP contribution in [0, 0.1) is 0 Å². The van der Waals surface area contributed by atoms with Gasteiger partial charge in [0.2, 0.25) is 6.29 Å². The maximum absolute atomic E-state index is 11.1. The molecule has 0 radical (unpaired) electrons. The van der Waals surface area contributed by atoms with Crippen LogP contribution in [-0.2, 0) is 23.7 Å². The van der Waals surface area contributed by atoms with E-state index in [0.29, 0.717) is 0 Å². The van der Waals surface area contributed by atoms with Crippen LogP contribution in [0.4, 0.5) is 0 Å². The largest absolute Gasteiger partial charge is 1.00 e. The van der Waals surface area contributed by atoms with Gasteiger partial charge in [-0.3, -0.25) is 0 Å². The summed E-state index contributed by atoms with van der Waals surface area (Å²) in [5.74, 6) is -1.57. The van der Waals surface area contributed by atoms with E-state index in [1.165, 1.54) is 6.08 Å². The molecule has 29 heavy (non-hydrogen) atoms. The molecule has 12 nitrogen and oxygen atoms in total. The zero-order valence-electron chi connectivity index (χ0n) is 15.6. The molecule has 2 fully saturated rings. The fraction of sp³-hybridized carbons (Fsp3) is 0.750. The number of fused-ring (bicyclic) bond motifs is 1. The molecule has 0 unspecified atom stereocenters. The molecule has 158 valence electrons. The zero-order chi connectivity index (χ0) is 20.6. The van der Waals surface area contributed by atoms with E-state index in [1.54, 1.807) is 0 Å². The molecular formula is C16H22NNaO11. The molecular weight excluding hydrogens is 405 g/mol. The van der Waals surface area contributed by atoms with Gasteiger partial charge in [0, 0.05) is 6.42 Å². The number of aliphatic hydroxyl groups is 5. The van der Waals surface area contributed by atoms with Crippen molar-refractivity contribution in [2.75, 3.05) is 6.61 Å². The first kappa shape index (κ1) is 24.6. The van der Waals surface area contributed by atoms with Gasteiger partial charge in [0.05, 0.1) is 12.6 Å². The van der Waals surface area contributed by atoms with Crippen molar-refractivity contribution in [1.29, 1.82) is 0 Å². The third kappa shape index (κ3) is 4.83. The number of carbonyl (C=O) groups is 1. The predicted octanol–water partition coefficient (Wildman–Crippen LogP) is -7.62. The van der Waals surface area contributed by atoms with Crippen molar-refractivity contribution >= 4 is 11.9 Å². The van der Waals surface area contributed by atoms with E-state index in [2.05, 4.69) is 11.6 Å². The summed E-state index contributed by atoms with van der Waals surface area (Å²) in [7, 11) is 0. The number of nitrogens with zero attached hydrogens (tertiary/aromatic N) is 1. The number of hydrogen-bond acceptors (Lipinski definition) is 12. The number of carboxylic acids is 1. The van der Waals surface area contributed by atoms with Crippen LogP contribution in [0.25, 0.3) is 0 Å². The fourth-order valence-electron chi connectivity index (χ4n) is 3.31. The van der Waals surface area contributed by atoms with Crippen LogP contribution < -0.4 is 34.7 Å². The van der Waals surface area contributed by atoms with E-state index in [1.807, 2.05) is 0 Å². The third-order valence-electron chi connectivity index (χ3n) is 4.78. The van der Waals surface area contributed by atoms with E-state index in [9.17, 15) is 35.4 Å². The second-order valence-corrected chi connectivity index (χ2v) is 6.66. The standard InChI is InChI=1S/C16H23NO11.Na/c1-2-3-6-17-7-12(8(19)5(4-18)25-15(7)26-6)27-16-11(22)9(20)10(21)13(28-16)14(23)24;/h2,5,7-13,15-16,18-22H,1,3-4H2,(H,23,24);/q;+1/p-1/t5-,7-,8-,9+,10+,11-,12-,13+,15-,16-;/m1./s1. The molecule has 13 heteroatoms. The van der Waals surface area contributed by atoms with E-state index in [0.717, 1.165) is 0 Å². The Labute approximate surface area is 187 Å². The zero-order valence-corrected chi connectivity index (χ0v) is 17.6. The SMILES string of the molecule is C=CCC1=N[C@H]2[C@@H](O1)O[C@H](CO)[C@@H](O)[C@@H]2O[C@@H]1O[C@H](C(=O)[O-])[C@@H](O)[C@H](O)[C@H]1O.[Na+]. The summed E-state index contributed by atoms with van der Waals surface area (Å²) in [5, 5.41) is 60.7. The quantitative estimate of drug-likeness (QED) is 0.200. The van der Waals surface area contributed by atoms with E-state index in [4.69, 9.17) is 18.9 Å². The Balaban J connectivity index is 0.00000300. The van der Waals surface area contributed by atoms with E-state index < -0.39 is 73.9 Å². The van der Waals surface area contributed by atoms with Gasteiger partial charge in [0.1, 0.15) is 48.8 Å². The fourth-order valence-corrected chi connectivity index (χ4v) is 3.31. The molecule has 3 aliphatic rings. The van der Waals surface area contributed by atoms with Crippen molar-refractivity contribution in [3.8, 4) is 0 Å². The minimum atomic E-state index is -1.97. The minimum Gasteiger partial charge on any atom is -0.547 e. The molecule has 0 saturated carbocycles. The Hall–Kier alpha value is -0.640. The van der Waals surface area contributed by atoms with Crippen LogP contribution >= 0.6 is 0 Å². The number of carbonyl (C=O) groups excluding carboxylic acids is 1. The van der Waals surface area contributed by atoms with Crippen LogP contribution in [0.5, 0.6) is 0 Å². The Morgan fingerprint density at radius 1 is 1.17 bits per heavy atom. The van der Waals surface area contributed by atoms with Crippen molar-refractivity contribution < 1.29 is 83.9 Å². The Kier molecular flexibility index (Phi) is 8.59. The second-order valence-electron chi connectivity index (χ2n) is 6.66. The molecule has 5 N–H and O–H groups in total. The average Bonchev–Trinajstić information content (AvgIpc) is 3.06. The van der Waals surface area contributed by atoms with E-state index in [-0.39, 0.29) is 41.9 Å². The summed E-state index contributed by atoms with van der Waals surface area (Å²) in [6, 6.07) is -0.922. The van der Waals surface area contributed by atoms with Crippen LogP contribution in [0.1, 0.15) is 6.42 Å². The molecule has 0 bridgehead atoms. The van der Waals surface area contributed by atoms with Crippen molar-refractivity contribution in [3.05, 3.63) is 12.7 Å². The molecule has 0 spiro atoms. The van der Waals surface area contributed by atoms with Gasteiger partial charge in [0.25, 0.3) is 0 Å². The normalized spacial score (nSPS) is 44.1. The van der Waals surface area contributed by atoms with Crippen molar-refractivity contribution in [2.24, 2.45) is 4.99 Å². The molecule has 0 aromatic carbocycles. The minimum absolute atomic E-state index is 0.